The van der Waals surface area contributed by atoms with Crippen molar-refractivity contribution in [2.45, 2.75) is 38.8 Å². The molecule has 0 aromatic heterocycles. The number of aryl methyl sites for hydroxylation is 1. The van der Waals surface area contributed by atoms with Crippen LogP contribution in [0.25, 0.3) is 0 Å². The normalized spacial score (nSPS) is 20.0. The first kappa shape index (κ1) is 18.5. The predicted molar refractivity (Wildman–Crippen MR) is 89.4 cm³/mol. The number of aliphatic carboxylic acids is 1. The van der Waals surface area contributed by atoms with Crippen molar-refractivity contribution in [2.75, 3.05) is 13.2 Å². The number of carboxylic acids is 1. The minimum Gasteiger partial charge on any atom is -0.481 e. The number of amides is 1. The van der Waals surface area contributed by atoms with Crippen LogP contribution in [-0.2, 0) is 14.3 Å². The number of rotatable bonds is 6. The molecule has 1 amide bonds. The van der Waals surface area contributed by atoms with Crippen molar-refractivity contribution in [3.63, 3.8) is 0 Å². The summed E-state index contributed by atoms with van der Waals surface area (Å²) in [6, 6.07) is 4.12. The number of hydrogen-bond donors (Lipinski definition) is 2. The van der Waals surface area contributed by atoms with E-state index in [-0.39, 0.29) is 5.92 Å². The molecule has 132 valence electrons. The standard InChI is InChI=1S/C17H22ClNO5/c1-10-8-13(5-6-14(10)18)24-11(2)16(20)19-15(17(21)22)12-4-3-7-23-9-12/h5-6,8,11-12,15H,3-4,7,9H2,1-2H3,(H,19,20)(H,21,22). The molecule has 1 fully saturated rings. The van der Waals surface area contributed by atoms with E-state index in [1.807, 2.05) is 6.92 Å². The fraction of sp³-hybridized carbons (Fsp3) is 0.529. The fourth-order valence-electron chi connectivity index (χ4n) is 2.63. The Morgan fingerprint density at radius 2 is 2.21 bits per heavy atom. The van der Waals surface area contributed by atoms with E-state index in [9.17, 15) is 14.7 Å². The SMILES string of the molecule is Cc1cc(OC(C)C(=O)NC(C(=O)O)C2CCCOC2)ccc1Cl. The maximum absolute atomic E-state index is 12.3. The molecule has 1 aromatic carbocycles. The summed E-state index contributed by atoms with van der Waals surface area (Å²) >= 11 is 5.96. The Morgan fingerprint density at radius 3 is 2.79 bits per heavy atom. The molecule has 3 unspecified atom stereocenters. The second-order valence-electron chi connectivity index (χ2n) is 5.97. The van der Waals surface area contributed by atoms with Crippen LogP contribution in [0.4, 0.5) is 0 Å². The van der Waals surface area contributed by atoms with E-state index in [1.165, 1.54) is 0 Å². The molecule has 1 aliphatic rings. The van der Waals surface area contributed by atoms with Gasteiger partial charge in [-0.2, -0.15) is 0 Å². The summed E-state index contributed by atoms with van der Waals surface area (Å²) in [6.07, 6.45) is 0.681. The highest BCUT2D eigenvalue weighted by Gasteiger charge is 2.32. The third-order valence-corrected chi connectivity index (χ3v) is 4.47. The first-order chi connectivity index (χ1) is 11.4. The van der Waals surface area contributed by atoms with Gasteiger partial charge in [0, 0.05) is 17.5 Å². The third kappa shape index (κ3) is 4.85. The van der Waals surface area contributed by atoms with Crippen molar-refractivity contribution in [3.8, 4) is 5.75 Å². The topological polar surface area (TPSA) is 84.9 Å². The van der Waals surface area contributed by atoms with Gasteiger partial charge in [-0.05, 0) is 50.5 Å². The summed E-state index contributed by atoms with van der Waals surface area (Å²) in [6.45, 7) is 4.38. The van der Waals surface area contributed by atoms with Crippen LogP contribution in [0, 0.1) is 12.8 Å². The lowest BCUT2D eigenvalue weighted by Crippen LogP contribution is -2.51. The van der Waals surface area contributed by atoms with Crippen molar-refractivity contribution < 1.29 is 24.2 Å². The lowest BCUT2D eigenvalue weighted by atomic mass is 9.93. The van der Waals surface area contributed by atoms with Crippen LogP contribution in [0.15, 0.2) is 18.2 Å². The van der Waals surface area contributed by atoms with Gasteiger partial charge in [0.1, 0.15) is 11.8 Å². The Hall–Kier alpha value is -1.79. The van der Waals surface area contributed by atoms with Crippen LogP contribution in [0.5, 0.6) is 5.75 Å². The van der Waals surface area contributed by atoms with E-state index >= 15 is 0 Å². The molecule has 3 atom stereocenters. The van der Waals surface area contributed by atoms with Gasteiger partial charge in [0.15, 0.2) is 6.10 Å². The van der Waals surface area contributed by atoms with Crippen LogP contribution >= 0.6 is 11.6 Å². The van der Waals surface area contributed by atoms with Gasteiger partial charge in [0.25, 0.3) is 5.91 Å². The van der Waals surface area contributed by atoms with Crippen molar-refractivity contribution in [1.29, 1.82) is 0 Å². The van der Waals surface area contributed by atoms with Gasteiger partial charge < -0.3 is 19.9 Å². The summed E-state index contributed by atoms with van der Waals surface area (Å²) in [5, 5.41) is 12.6. The molecule has 1 aromatic rings. The Balaban J connectivity index is 1.97. The van der Waals surface area contributed by atoms with Gasteiger partial charge in [0.2, 0.25) is 0 Å². The van der Waals surface area contributed by atoms with E-state index in [0.29, 0.717) is 30.4 Å². The highest BCUT2D eigenvalue weighted by molar-refractivity contribution is 6.31. The van der Waals surface area contributed by atoms with Gasteiger partial charge in [-0.3, -0.25) is 4.79 Å². The van der Waals surface area contributed by atoms with E-state index < -0.39 is 24.0 Å². The van der Waals surface area contributed by atoms with Crippen molar-refractivity contribution >= 4 is 23.5 Å². The Kier molecular flexibility index (Phi) is 6.45. The number of nitrogens with one attached hydrogen (secondary N) is 1. The Bertz CT molecular complexity index is 601. The molecule has 0 radical (unpaired) electrons. The van der Waals surface area contributed by atoms with E-state index in [0.717, 1.165) is 12.0 Å². The maximum Gasteiger partial charge on any atom is 0.326 e. The summed E-state index contributed by atoms with van der Waals surface area (Å²) in [5.41, 5.74) is 0.838. The fourth-order valence-corrected chi connectivity index (χ4v) is 2.75. The Labute approximate surface area is 146 Å². The van der Waals surface area contributed by atoms with Crippen molar-refractivity contribution in [1.82, 2.24) is 5.32 Å². The van der Waals surface area contributed by atoms with Gasteiger partial charge in [-0.15, -0.1) is 0 Å². The van der Waals surface area contributed by atoms with Crippen LogP contribution < -0.4 is 10.1 Å². The third-order valence-electron chi connectivity index (χ3n) is 4.04. The molecule has 1 aliphatic heterocycles. The van der Waals surface area contributed by atoms with Crippen LogP contribution in [0.2, 0.25) is 5.02 Å². The molecular weight excluding hydrogens is 334 g/mol. The number of carbonyl (C=O) groups excluding carboxylic acids is 1. The van der Waals surface area contributed by atoms with Crippen molar-refractivity contribution in [2.24, 2.45) is 5.92 Å². The van der Waals surface area contributed by atoms with Crippen LogP contribution in [0.1, 0.15) is 25.3 Å². The maximum atomic E-state index is 12.3. The second-order valence-corrected chi connectivity index (χ2v) is 6.38. The van der Waals surface area contributed by atoms with Gasteiger partial charge in [-0.25, -0.2) is 4.79 Å². The molecule has 0 bridgehead atoms. The molecule has 24 heavy (non-hydrogen) atoms. The zero-order chi connectivity index (χ0) is 17.7. The van der Waals surface area contributed by atoms with Crippen molar-refractivity contribution in [3.05, 3.63) is 28.8 Å². The highest BCUT2D eigenvalue weighted by Crippen LogP contribution is 2.22. The van der Waals surface area contributed by atoms with Gasteiger partial charge in [-0.1, -0.05) is 11.6 Å². The average molecular weight is 356 g/mol. The zero-order valence-corrected chi connectivity index (χ0v) is 14.5. The molecule has 2 N–H and O–H groups in total. The summed E-state index contributed by atoms with van der Waals surface area (Å²) < 4.78 is 10.9. The highest BCUT2D eigenvalue weighted by atomic mass is 35.5. The summed E-state index contributed by atoms with van der Waals surface area (Å²) in [4.78, 5) is 23.8. The smallest absolute Gasteiger partial charge is 0.326 e. The second kappa shape index (κ2) is 8.35. The minimum atomic E-state index is -1.06. The number of ether oxygens (including phenoxy) is 2. The predicted octanol–water partition coefficient (Wildman–Crippen LogP) is 2.41. The van der Waals surface area contributed by atoms with Gasteiger partial charge in [0.05, 0.1) is 6.61 Å². The van der Waals surface area contributed by atoms with Crippen LogP contribution in [0.3, 0.4) is 0 Å². The monoisotopic (exact) mass is 355 g/mol. The summed E-state index contributed by atoms with van der Waals surface area (Å²) in [5.74, 6) is -1.26. The average Bonchev–Trinajstić information content (AvgIpc) is 2.56. The number of hydrogen-bond acceptors (Lipinski definition) is 4. The molecule has 1 saturated heterocycles. The first-order valence-corrected chi connectivity index (χ1v) is 8.30. The van der Waals surface area contributed by atoms with E-state index in [2.05, 4.69) is 5.32 Å². The summed E-state index contributed by atoms with van der Waals surface area (Å²) in [7, 11) is 0. The largest absolute Gasteiger partial charge is 0.481 e. The minimum absolute atomic E-state index is 0.231. The van der Waals surface area contributed by atoms with E-state index in [1.54, 1.807) is 25.1 Å². The van der Waals surface area contributed by atoms with E-state index in [4.69, 9.17) is 21.1 Å². The number of benzene rings is 1. The molecular formula is C17H22ClNO5. The molecule has 7 heteroatoms. The quantitative estimate of drug-likeness (QED) is 0.818. The zero-order valence-electron chi connectivity index (χ0n) is 13.8. The number of carbonyl (C=O) groups is 2. The molecule has 2 rings (SSSR count). The molecule has 1 heterocycles. The molecule has 0 spiro atoms. The van der Waals surface area contributed by atoms with Crippen LogP contribution in [-0.4, -0.2) is 42.3 Å². The van der Waals surface area contributed by atoms with Gasteiger partial charge >= 0.3 is 5.97 Å². The lowest BCUT2D eigenvalue weighted by molar-refractivity contribution is -0.146. The molecule has 6 nitrogen and oxygen atoms in total. The molecule has 0 saturated carbocycles. The number of carboxylic acid groups (broad SMARTS) is 1. The first-order valence-electron chi connectivity index (χ1n) is 7.92. The lowest BCUT2D eigenvalue weighted by Gasteiger charge is -2.28. The Morgan fingerprint density at radius 1 is 1.46 bits per heavy atom. The molecule has 0 aliphatic carbocycles. The number of halogens is 1.